The molecule has 116 valence electrons. The lowest BCUT2D eigenvalue weighted by Gasteiger charge is -2.12. The highest BCUT2D eigenvalue weighted by Crippen LogP contribution is 2.35. The number of hydrogen-bond acceptors (Lipinski definition) is 2. The summed E-state index contributed by atoms with van der Waals surface area (Å²) < 4.78 is 0. The zero-order valence-corrected chi connectivity index (χ0v) is 14.3. The van der Waals surface area contributed by atoms with E-state index in [2.05, 4.69) is 10.3 Å². The van der Waals surface area contributed by atoms with Crippen molar-refractivity contribution in [3.63, 3.8) is 0 Å². The Kier molecular flexibility index (Phi) is 4.44. The molecule has 0 unspecified atom stereocenters. The van der Waals surface area contributed by atoms with Gasteiger partial charge in [-0.05, 0) is 42.8 Å². The van der Waals surface area contributed by atoms with E-state index in [-0.39, 0.29) is 5.91 Å². The van der Waals surface area contributed by atoms with Crippen LogP contribution in [0.5, 0.6) is 0 Å². The van der Waals surface area contributed by atoms with Gasteiger partial charge in [-0.15, -0.1) is 0 Å². The first-order valence-corrected chi connectivity index (χ1v) is 7.91. The molecule has 1 aromatic heterocycles. The smallest absolute Gasteiger partial charge is 0.257 e. The van der Waals surface area contributed by atoms with Gasteiger partial charge in [0.1, 0.15) is 0 Å². The molecule has 3 aromatic rings. The van der Waals surface area contributed by atoms with Crippen molar-refractivity contribution >= 4 is 57.3 Å². The number of fused-ring (bicyclic) bond motifs is 1. The normalized spacial score (nSPS) is 10.8. The lowest BCUT2D eigenvalue weighted by Crippen LogP contribution is -2.13. The third-order valence-electron chi connectivity index (χ3n) is 3.40. The second-order valence-corrected chi connectivity index (χ2v) is 6.27. The van der Waals surface area contributed by atoms with E-state index in [1.807, 2.05) is 19.1 Å². The molecule has 0 aliphatic rings. The van der Waals surface area contributed by atoms with Crippen LogP contribution in [0.15, 0.2) is 42.6 Å². The van der Waals surface area contributed by atoms with Gasteiger partial charge in [0.2, 0.25) is 0 Å². The molecule has 0 spiro atoms. The van der Waals surface area contributed by atoms with Gasteiger partial charge in [-0.25, -0.2) is 0 Å². The number of halogens is 3. The molecule has 1 amide bonds. The van der Waals surface area contributed by atoms with Crippen LogP contribution >= 0.6 is 34.8 Å². The first-order valence-electron chi connectivity index (χ1n) is 6.77. The molecule has 1 N–H and O–H groups in total. The van der Waals surface area contributed by atoms with Crippen molar-refractivity contribution in [2.24, 2.45) is 0 Å². The molecule has 0 saturated carbocycles. The number of carbonyl (C=O) groups is 1. The number of nitrogens with one attached hydrogen (secondary N) is 1. The number of pyridine rings is 1. The second kappa shape index (κ2) is 6.36. The fourth-order valence-corrected chi connectivity index (χ4v) is 3.16. The quantitative estimate of drug-likeness (QED) is 0.627. The first kappa shape index (κ1) is 16.1. The number of aromatic nitrogens is 1. The summed E-state index contributed by atoms with van der Waals surface area (Å²) in [5.41, 5.74) is 2.28. The molecule has 0 aliphatic heterocycles. The molecule has 3 rings (SSSR count). The van der Waals surface area contributed by atoms with Gasteiger partial charge in [0.05, 0.1) is 31.8 Å². The van der Waals surface area contributed by atoms with Crippen molar-refractivity contribution in [2.75, 3.05) is 5.32 Å². The molecule has 0 aliphatic carbocycles. The van der Waals surface area contributed by atoms with Crippen molar-refractivity contribution in [2.45, 2.75) is 6.92 Å². The summed E-state index contributed by atoms with van der Waals surface area (Å²) in [6.45, 7) is 1.90. The van der Waals surface area contributed by atoms with Gasteiger partial charge < -0.3 is 5.32 Å². The van der Waals surface area contributed by atoms with Crippen LogP contribution in [-0.2, 0) is 0 Å². The molecule has 0 atom stereocenters. The Morgan fingerprint density at radius 1 is 1.04 bits per heavy atom. The Hall–Kier alpha value is -1.81. The van der Waals surface area contributed by atoms with E-state index >= 15 is 0 Å². The second-order valence-electron chi connectivity index (χ2n) is 5.05. The van der Waals surface area contributed by atoms with E-state index < -0.39 is 0 Å². The Balaban J connectivity index is 2.06. The van der Waals surface area contributed by atoms with Crippen LogP contribution in [0.1, 0.15) is 15.9 Å². The monoisotopic (exact) mass is 364 g/mol. The van der Waals surface area contributed by atoms with Crippen LogP contribution in [0.2, 0.25) is 15.1 Å². The summed E-state index contributed by atoms with van der Waals surface area (Å²) in [5.74, 6) is -0.355. The number of benzene rings is 2. The topological polar surface area (TPSA) is 42.0 Å². The van der Waals surface area contributed by atoms with Gasteiger partial charge in [-0.2, -0.15) is 0 Å². The Bertz CT molecular complexity index is 925. The minimum atomic E-state index is -0.355. The highest BCUT2D eigenvalue weighted by Gasteiger charge is 2.16. The molecule has 0 bridgehead atoms. The molecule has 23 heavy (non-hydrogen) atoms. The van der Waals surface area contributed by atoms with Crippen molar-refractivity contribution in [3.8, 4) is 0 Å². The minimum absolute atomic E-state index is 0.317. The zero-order valence-electron chi connectivity index (χ0n) is 12.0. The average molecular weight is 366 g/mol. The highest BCUT2D eigenvalue weighted by atomic mass is 35.5. The minimum Gasteiger partial charge on any atom is -0.319 e. The van der Waals surface area contributed by atoms with E-state index in [0.29, 0.717) is 37.2 Å². The van der Waals surface area contributed by atoms with Crippen molar-refractivity contribution in [1.29, 1.82) is 0 Å². The maximum absolute atomic E-state index is 12.5. The molecule has 1 heterocycles. The lowest BCUT2D eigenvalue weighted by molar-refractivity contribution is 0.102. The van der Waals surface area contributed by atoms with Gasteiger partial charge in [-0.1, -0.05) is 40.9 Å². The van der Waals surface area contributed by atoms with Crippen LogP contribution in [-0.4, -0.2) is 10.9 Å². The van der Waals surface area contributed by atoms with Gasteiger partial charge in [0, 0.05) is 11.6 Å². The Morgan fingerprint density at radius 2 is 1.83 bits per heavy atom. The van der Waals surface area contributed by atoms with Gasteiger partial charge in [0.25, 0.3) is 5.91 Å². The molecule has 0 fully saturated rings. The first-order chi connectivity index (χ1) is 11.0. The van der Waals surface area contributed by atoms with Crippen molar-refractivity contribution in [1.82, 2.24) is 4.98 Å². The number of anilines is 1. The zero-order chi connectivity index (χ0) is 16.6. The molecule has 2 aromatic carbocycles. The molecular formula is C17H11Cl3N2O. The average Bonchev–Trinajstić information content (AvgIpc) is 2.51. The lowest BCUT2D eigenvalue weighted by atomic mass is 10.1. The van der Waals surface area contributed by atoms with Crippen molar-refractivity contribution < 1.29 is 4.79 Å². The fraction of sp³-hybridized carbons (Fsp3) is 0.0588. The predicted molar refractivity (Wildman–Crippen MR) is 95.9 cm³/mol. The third kappa shape index (κ3) is 3.13. The summed E-state index contributed by atoms with van der Waals surface area (Å²) in [4.78, 5) is 16.8. The largest absolute Gasteiger partial charge is 0.319 e. The van der Waals surface area contributed by atoms with Crippen LogP contribution < -0.4 is 5.32 Å². The van der Waals surface area contributed by atoms with E-state index in [9.17, 15) is 4.79 Å². The van der Waals surface area contributed by atoms with Gasteiger partial charge >= 0.3 is 0 Å². The summed E-state index contributed by atoms with van der Waals surface area (Å²) >= 11 is 18.5. The molecular weight excluding hydrogens is 355 g/mol. The molecule has 6 heteroatoms. The van der Waals surface area contributed by atoms with E-state index in [0.717, 1.165) is 5.56 Å². The predicted octanol–water partition coefficient (Wildman–Crippen LogP) is 5.76. The summed E-state index contributed by atoms with van der Waals surface area (Å²) in [6.07, 6.45) is 1.61. The third-order valence-corrected chi connectivity index (χ3v) is 4.33. The van der Waals surface area contributed by atoms with E-state index in [1.165, 1.54) is 0 Å². The summed E-state index contributed by atoms with van der Waals surface area (Å²) in [5, 5.41) is 4.67. The number of rotatable bonds is 2. The molecule has 0 radical (unpaired) electrons. The van der Waals surface area contributed by atoms with Crippen LogP contribution in [0.4, 0.5) is 5.69 Å². The standard InChI is InChI=1S/C17H11Cl3N2O/c1-9-4-5-11(12(18)7-9)17(23)22-16-14(20)8-13(19)10-3-2-6-21-15(10)16/h2-8H,1H3,(H,22,23). The highest BCUT2D eigenvalue weighted by molar-refractivity contribution is 6.41. The molecule has 3 nitrogen and oxygen atoms in total. The SMILES string of the molecule is Cc1ccc(C(=O)Nc2c(Cl)cc(Cl)c3cccnc23)c(Cl)c1. The Morgan fingerprint density at radius 3 is 2.57 bits per heavy atom. The number of hydrogen-bond donors (Lipinski definition) is 1. The van der Waals surface area contributed by atoms with Crippen molar-refractivity contribution in [3.05, 3.63) is 68.8 Å². The van der Waals surface area contributed by atoms with Gasteiger partial charge in [0.15, 0.2) is 0 Å². The number of aryl methyl sites for hydroxylation is 1. The number of carbonyl (C=O) groups excluding carboxylic acids is 1. The maximum Gasteiger partial charge on any atom is 0.257 e. The van der Waals surface area contributed by atoms with Crippen LogP contribution in [0.3, 0.4) is 0 Å². The summed E-state index contributed by atoms with van der Waals surface area (Å²) in [6, 6.07) is 10.4. The van der Waals surface area contributed by atoms with Gasteiger partial charge in [-0.3, -0.25) is 9.78 Å². The number of nitrogens with zero attached hydrogens (tertiary/aromatic N) is 1. The van der Waals surface area contributed by atoms with Crippen LogP contribution in [0.25, 0.3) is 10.9 Å². The van der Waals surface area contributed by atoms with Crippen LogP contribution in [0, 0.1) is 6.92 Å². The van der Waals surface area contributed by atoms with E-state index in [4.69, 9.17) is 34.8 Å². The summed E-state index contributed by atoms with van der Waals surface area (Å²) in [7, 11) is 0. The van der Waals surface area contributed by atoms with E-state index in [1.54, 1.807) is 30.5 Å². The Labute approximate surface area is 148 Å². The maximum atomic E-state index is 12.5. The number of amides is 1. The fourth-order valence-electron chi connectivity index (χ4n) is 2.28. The molecule has 0 saturated heterocycles.